The van der Waals surface area contributed by atoms with Gasteiger partial charge in [-0.2, -0.15) is 0 Å². The van der Waals surface area contributed by atoms with E-state index in [2.05, 4.69) is 63.3 Å². The predicted molar refractivity (Wildman–Crippen MR) is 107 cm³/mol. The molecule has 0 spiro atoms. The Morgan fingerprint density at radius 1 is 0.963 bits per heavy atom. The van der Waals surface area contributed by atoms with Gasteiger partial charge in [0.15, 0.2) is 0 Å². The van der Waals surface area contributed by atoms with Crippen LogP contribution in [0.15, 0.2) is 42.5 Å². The van der Waals surface area contributed by atoms with Gasteiger partial charge < -0.3 is 10.6 Å². The molecule has 3 saturated heterocycles. The highest BCUT2D eigenvalue weighted by Crippen LogP contribution is 2.38. The molecule has 5 rings (SSSR count). The first-order chi connectivity index (χ1) is 13.3. The third-order valence-electron chi connectivity index (χ3n) is 6.51. The summed E-state index contributed by atoms with van der Waals surface area (Å²) in [6.45, 7) is 3.05. The van der Waals surface area contributed by atoms with E-state index >= 15 is 0 Å². The molecule has 3 fully saturated rings. The van der Waals surface area contributed by atoms with E-state index in [0.717, 1.165) is 26.1 Å². The van der Waals surface area contributed by atoms with E-state index in [1.807, 2.05) is 0 Å². The summed E-state index contributed by atoms with van der Waals surface area (Å²) in [6.07, 6.45) is 4.70. The first-order valence-corrected chi connectivity index (χ1v) is 10.3. The number of nitrogens with one attached hydrogen (secondary N) is 3. The van der Waals surface area contributed by atoms with E-state index in [0.29, 0.717) is 0 Å². The van der Waals surface area contributed by atoms with Crippen molar-refractivity contribution >= 4 is 16.7 Å². The van der Waals surface area contributed by atoms with Crippen LogP contribution in [0.1, 0.15) is 37.2 Å². The third kappa shape index (κ3) is 3.14. The van der Waals surface area contributed by atoms with Crippen molar-refractivity contribution in [3.05, 3.63) is 48.0 Å². The Balaban J connectivity index is 1.44. The van der Waals surface area contributed by atoms with Gasteiger partial charge in [0.05, 0.1) is 12.1 Å². The van der Waals surface area contributed by atoms with Crippen LogP contribution in [0.4, 0.5) is 0 Å². The Hall–Kier alpha value is -1.95. The van der Waals surface area contributed by atoms with Gasteiger partial charge in [-0.3, -0.25) is 15.0 Å². The number of carbonyl (C=O) groups is 1. The highest BCUT2D eigenvalue weighted by Gasteiger charge is 2.45. The lowest BCUT2D eigenvalue weighted by molar-refractivity contribution is -0.135. The molecule has 2 aromatic carbocycles. The van der Waals surface area contributed by atoms with E-state index in [9.17, 15) is 4.79 Å². The molecule has 3 heterocycles. The predicted octanol–water partition coefficient (Wildman–Crippen LogP) is 2.35. The highest BCUT2D eigenvalue weighted by atomic mass is 16.2. The van der Waals surface area contributed by atoms with Gasteiger partial charge in [-0.05, 0) is 42.1 Å². The minimum absolute atomic E-state index is 0.0309. The fourth-order valence-corrected chi connectivity index (χ4v) is 5.17. The second kappa shape index (κ2) is 7.23. The fourth-order valence-electron chi connectivity index (χ4n) is 5.17. The monoisotopic (exact) mass is 364 g/mol. The van der Waals surface area contributed by atoms with Gasteiger partial charge in [0.2, 0.25) is 5.91 Å². The first-order valence-electron chi connectivity index (χ1n) is 10.3. The molecule has 1 amide bonds. The third-order valence-corrected chi connectivity index (χ3v) is 6.51. The van der Waals surface area contributed by atoms with Crippen LogP contribution in [0, 0.1) is 5.92 Å². The number of hydrogen-bond acceptors (Lipinski definition) is 4. The number of nitrogens with zero attached hydrogens (tertiary/aromatic N) is 1. The van der Waals surface area contributed by atoms with Crippen LogP contribution in [0.25, 0.3) is 10.8 Å². The van der Waals surface area contributed by atoms with Crippen LogP contribution >= 0.6 is 0 Å². The van der Waals surface area contributed by atoms with Gasteiger partial charge in [0, 0.05) is 19.0 Å². The Bertz CT molecular complexity index is 827. The van der Waals surface area contributed by atoms with Crippen LogP contribution in [-0.2, 0) is 4.79 Å². The summed E-state index contributed by atoms with van der Waals surface area (Å²) in [5.41, 5.74) is 1.30. The number of benzene rings is 2. The van der Waals surface area contributed by atoms with Crippen LogP contribution in [-0.4, -0.2) is 42.9 Å². The van der Waals surface area contributed by atoms with Crippen molar-refractivity contribution in [2.75, 3.05) is 19.6 Å². The van der Waals surface area contributed by atoms with Crippen molar-refractivity contribution in [2.24, 2.45) is 5.92 Å². The van der Waals surface area contributed by atoms with E-state index in [1.165, 1.54) is 35.6 Å². The Morgan fingerprint density at radius 2 is 1.78 bits per heavy atom. The van der Waals surface area contributed by atoms with Gasteiger partial charge in [-0.1, -0.05) is 48.9 Å². The molecule has 3 aliphatic rings. The van der Waals surface area contributed by atoms with Gasteiger partial charge in [0.25, 0.3) is 0 Å². The summed E-state index contributed by atoms with van der Waals surface area (Å²) in [6, 6.07) is 15.0. The van der Waals surface area contributed by atoms with Crippen molar-refractivity contribution in [2.45, 2.75) is 44.1 Å². The Labute approximate surface area is 160 Å². The molecular weight excluding hydrogens is 336 g/mol. The van der Waals surface area contributed by atoms with E-state index < -0.39 is 0 Å². The normalized spacial score (nSPS) is 32.1. The number of hydrogen-bond donors (Lipinski definition) is 3. The number of piperidine rings is 2. The summed E-state index contributed by atoms with van der Waals surface area (Å²) in [7, 11) is 0. The van der Waals surface area contributed by atoms with Crippen LogP contribution in [0.3, 0.4) is 0 Å². The van der Waals surface area contributed by atoms with Gasteiger partial charge in [0.1, 0.15) is 6.29 Å². The summed E-state index contributed by atoms with van der Waals surface area (Å²) < 4.78 is 0. The van der Waals surface area contributed by atoms with Gasteiger partial charge >= 0.3 is 0 Å². The molecule has 0 bridgehead atoms. The van der Waals surface area contributed by atoms with Crippen LogP contribution in [0.2, 0.25) is 0 Å². The maximum atomic E-state index is 13.2. The zero-order chi connectivity index (χ0) is 18.2. The average molecular weight is 364 g/mol. The van der Waals surface area contributed by atoms with Crippen molar-refractivity contribution in [1.82, 2.24) is 20.9 Å². The molecule has 3 N–H and O–H groups in total. The lowest BCUT2D eigenvalue weighted by atomic mass is 9.76. The molecule has 27 heavy (non-hydrogen) atoms. The summed E-state index contributed by atoms with van der Waals surface area (Å²) in [5, 5.41) is 13.0. The molecule has 0 aromatic heterocycles. The largest absolute Gasteiger partial charge is 0.328 e. The lowest BCUT2D eigenvalue weighted by Gasteiger charge is -2.48. The second-order valence-corrected chi connectivity index (χ2v) is 8.10. The zero-order valence-electron chi connectivity index (χ0n) is 15.7. The van der Waals surface area contributed by atoms with E-state index in [4.69, 9.17) is 0 Å². The zero-order valence-corrected chi connectivity index (χ0v) is 15.7. The maximum Gasteiger partial charge on any atom is 0.228 e. The standard InChI is InChI=1S/C22H28N4O/c27-21-19-18(17-10-6-8-15-7-2-3-9-16(15)17)11-12-23-20(19)24-22(25-21)26-13-4-1-5-14-26/h2-3,6-10,18-20,22-24H,1,4-5,11-14H2,(H,25,27). The molecule has 3 aliphatic heterocycles. The van der Waals surface area contributed by atoms with Crippen molar-refractivity contribution in [1.29, 1.82) is 0 Å². The molecule has 2 aromatic rings. The van der Waals surface area contributed by atoms with Crippen molar-refractivity contribution in [3.63, 3.8) is 0 Å². The fraction of sp³-hybridized carbons (Fsp3) is 0.500. The van der Waals surface area contributed by atoms with E-state index in [1.54, 1.807) is 0 Å². The minimum atomic E-state index is -0.0782. The number of carbonyl (C=O) groups excluding carboxylic acids is 1. The number of likely N-dealkylation sites (tertiary alicyclic amines) is 1. The Morgan fingerprint density at radius 3 is 2.67 bits per heavy atom. The molecular formula is C22H28N4O. The van der Waals surface area contributed by atoms with Crippen molar-refractivity contribution in [3.8, 4) is 0 Å². The summed E-state index contributed by atoms with van der Waals surface area (Å²) in [5.74, 6) is 0.335. The average Bonchev–Trinajstić information content (AvgIpc) is 2.73. The quantitative estimate of drug-likeness (QED) is 0.766. The van der Waals surface area contributed by atoms with Crippen LogP contribution < -0.4 is 16.0 Å². The molecule has 5 heteroatoms. The van der Waals surface area contributed by atoms with Crippen molar-refractivity contribution < 1.29 is 4.79 Å². The van der Waals surface area contributed by atoms with Gasteiger partial charge in [-0.25, -0.2) is 0 Å². The highest BCUT2D eigenvalue weighted by molar-refractivity contribution is 5.88. The summed E-state index contributed by atoms with van der Waals surface area (Å²) in [4.78, 5) is 15.6. The molecule has 5 nitrogen and oxygen atoms in total. The number of amides is 1. The maximum absolute atomic E-state index is 13.2. The summed E-state index contributed by atoms with van der Waals surface area (Å²) >= 11 is 0. The second-order valence-electron chi connectivity index (χ2n) is 8.10. The SMILES string of the molecule is O=C1NC(N2CCCCC2)NC2NCCC(c3cccc4ccccc34)C12. The lowest BCUT2D eigenvalue weighted by Crippen LogP contribution is -2.72. The van der Waals surface area contributed by atoms with E-state index in [-0.39, 0.29) is 30.2 Å². The first kappa shape index (κ1) is 17.2. The molecule has 0 saturated carbocycles. The van der Waals surface area contributed by atoms with Gasteiger partial charge in [-0.15, -0.1) is 0 Å². The molecule has 0 aliphatic carbocycles. The minimum Gasteiger partial charge on any atom is -0.328 e. The number of rotatable bonds is 2. The molecule has 142 valence electrons. The smallest absolute Gasteiger partial charge is 0.228 e. The molecule has 4 unspecified atom stereocenters. The number of fused-ring (bicyclic) bond motifs is 2. The van der Waals surface area contributed by atoms with Crippen LogP contribution in [0.5, 0.6) is 0 Å². The Kier molecular flexibility index (Phi) is 4.60. The molecule has 4 atom stereocenters. The molecule has 0 radical (unpaired) electrons. The topological polar surface area (TPSA) is 56.4 Å².